The highest BCUT2D eigenvalue weighted by Crippen LogP contribution is 2.01. The first-order valence-electron chi connectivity index (χ1n) is 3.54. The number of hydrogen-bond acceptors (Lipinski definition) is 6. The molecule has 1 aliphatic heterocycles. The maximum absolute atomic E-state index is 11.0. The minimum absolute atomic E-state index is 0.264. The lowest BCUT2D eigenvalue weighted by Crippen LogP contribution is -2.33. The largest absolute Gasteiger partial charge is 0.389 e. The van der Waals surface area contributed by atoms with Gasteiger partial charge in [-0.15, -0.1) is 5.10 Å². The molecule has 1 atom stereocenters. The van der Waals surface area contributed by atoms with Crippen molar-refractivity contribution in [3.8, 4) is 0 Å². The van der Waals surface area contributed by atoms with Crippen LogP contribution in [0.2, 0.25) is 0 Å². The van der Waals surface area contributed by atoms with Crippen molar-refractivity contribution in [2.45, 2.75) is 12.5 Å². The molecule has 0 bridgehead atoms. The molecule has 12 heavy (non-hydrogen) atoms. The second-order valence-corrected chi connectivity index (χ2v) is 3.32. The number of carbonyl (C=O) groups is 1. The Morgan fingerprint density at radius 1 is 1.92 bits per heavy atom. The monoisotopic (exact) mass is 189 g/mol. The second-order valence-electron chi connectivity index (χ2n) is 2.34. The molecule has 0 aromatic heterocycles. The Kier molecular flexibility index (Phi) is 3.36. The van der Waals surface area contributed by atoms with Gasteiger partial charge in [0.25, 0.3) is 0 Å². The predicted octanol–water partition coefficient (Wildman–Crippen LogP) is -0.516. The number of nitrogens with two attached hydrogens (primary N) is 1. The summed E-state index contributed by atoms with van der Waals surface area (Å²) >= 11 is 1.65. The van der Waals surface area contributed by atoms with E-state index < -0.39 is 12.0 Å². The lowest BCUT2D eigenvalue weighted by Gasteiger charge is -2.06. The molecule has 0 fully saturated rings. The molecular weight excluding hydrogens is 178 g/mol. The Morgan fingerprint density at radius 2 is 2.58 bits per heavy atom. The van der Waals surface area contributed by atoms with Crippen LogP contribution in [0.15, 0.2) is 5.10 Å². The van der Waals surface area contributed by atoms with E-state index in [9.17, 15) is 4.79 Å². The van der Waals surface area contributed by atoms with E-state index >= 15 is 0 Å². The van der Waals surface area contributed by atoms with Crippen molar-refractivity contribution >= 4 is 23.8 Å². The molecule has 1 aliphatic rings. The molecule has 0 aliphatic carbocycles. The number of rotatable bonds is 4. The van der Waals surface area contributed by atoms with E-state index in [2.05, 4.69) is 15.3 Å². The fourth-order valence-corrected chi connectivity index (χ4v) is 1.09. The van der Waals surface area contributed by atoms with Gasteiger partial charge in [0.05, 0.1) is 0 Å². The van der Waals surface area contributed by atoms with Gasteiger partial charge in [-0.05, 0) is 18.4 Å². The molecule has 0 saturated heterocycles. The summed E-state index contributed by atoms with van der Waals surface area (Å²) in [6, 6.07) is -0.276. The van der Waals surface area contributed by atoms with Crippen molar-refractivity contribution in [2.24, 2.45) is 10.8 Å². The number of hydrazone groups is 1. The molecule has 0 radical (unpaired) electrons. The minimum atomic E-state index is -0.539. The third kappa shape index (κ3) is 3.10. The van der Waals surface area contributed by atoms with E-state index in [4.69, 9.17) is 5.73 Å². The molecule has 0 aromatic carbocycles. The van der Waals surface area contributed by atoms with Crippen molar-refractivity contribution in [2.75, 3.05) is 12.0 Å². The zero-order valence-corrected chi connectivity index (χ0v) is 7.56. The number of hydrogen-bond donors (Lipinski definition) is 2. The van der Waals surface area contributed by atoms with Crippen LogP contribution in [0.5, 0.6) is 0 Å². The molecule has 1 rings (SSSR count). The SMILES string of the molecule is CSCC[C@H](N)C(=O)OC1=NN1. The van der Waals surface area contributed by atoms with Gasteiger partial charge in [-0.25, -0.2) is 10.2 Å². The van der Waals surface area contributed by atoms with E-state index in [0.717, 1.165) is 5.75 Å². The van der Waals surface area contributed by atoms with E-state index in [1.54, 1.807) is 11.8 Å². The van der Waals surface area contributed by atoms with Crippen LogP contribution >= 0.6 is 11.8 Å². The number of esters is 1. The lowest BCUT2D eigenvalue weighted by molar-refractivity contribution is -0.136. The summed E-state index contributed by atoms with van der Waals surface area (Å²) in [6.07, 6.45) is 2.60. The molecule has 0 unspecified atom stereocenters. The number of ether oxygens (including phenoxy) is 1. The average molecular weight is 189 g/mol. The van der Waals surface area contributed by atoms with Gasteiger partial charge in [0.15, 0.2) is 0 Å². The van der Waals surface area contributed by atoms with Gasteiger partial charge in [0.1, 0.15) is 6.04 Å². The number of nitrogens with zero attached hydrogens (tertiary/aromatic N) is 1. The van der Waals surface area contributed by atoms with Crippen molar-refractivity contribution in [3.05, 3.63) is 0 Å². The van der Waals surface area contributed by atoms with Crippen molar-refractivity contribution in [3.63, 3.8) is 0 Å². The maximum atomic E-state index is 11.0. The molecule has 0 saturated carbocycles. The first kappa shape index (κ1) is 9.34. The van der Waals surface area contributed by atoms with Crippen LogP contribution in [0.25, 0.3) is 0 Å². The molecule has 6 heteroatoms. The van der Waals surface area contributed by atoms with Crippen molar-refractivity contribution in [1.29, 1.82) is 0 Å². The number of thioether (sulfide) groups is 1. The highest BCUT2D eigenvalue weighted by Gasteiger charge is 2.21. The van der Waals surface area contributed by atoms with Gasteiger partial charge in [0, 0.05) is 0 Å². The van der Waals surface area contributed by atoms with Crippen molar-refractivity contribution in [1.82, 2.24) is 5.43 Å². The molecular formula is C6H11N3O2S. The number of amidine groups is 1. The van der Waals surface area contributed by atoms with E-state index in [1.165, 1.54) is 0 Å². The van der Waals surface area contributed by atoms with Gasteiger partial charge in [-0.2, -0.15) is 11.8 Å². The van der Waals surface area contributed by atoms with Crippen LogP contribution in [0.1, 0.15) is 6.42 Å². The Morgan fingerprint density at radius 3 is 3.08 bits per heavy atom. The summed E-state index contributed by atoms with van der Waals surface area (Å²) in [5, 5.41) is 3.47. The lowest BCUT2D eigenvalue weighted by atomic mass is 10.2. The quantitative estimate of drug-likeness (QED) is 0.581. The molecule has 1 heterocycles. The highest BCUT2D eigenvalue weighted by molar-refractivity contribution is 7.98. The van der Waals surface area contributed by atoms with Crippen LogP contribution in [-0.4, -0.2) is 30.0 Å². The molecule has 0 amide bonds. The van der Waals surface area contributed by atoms with Crippen molar-refractivity contribution < 1.29 is 9.53 Å². The summed E-state index contributed by atoms with van der Waals surface area (Å²) < 4.78 is 4.69. The molecule has 0 aromatic rings. The van der Waals surface area contributed by atoms with E-state index in [-0.39, 0.29) is 6.02 Å². The normalized spacial score (nSPS) is 16.0. The van der Waals surface area contributed by atoms with Crippen LogP contribution < -0.4 is 11.2 Å². The Hall–Kier alpha value is -0.750. The first-order chi connectivity index (χ1) is 5.74. The predicted molar refractivity (Wildman–Crippen MR) is 47.6 cm³/mol. The zero-order chi connectivity index (χ0) is 8.97. The summed E-state index contributed by atoms with van der Waals surface area (Å²) in [5.41, 5.74) is 7.92. The maximum Gasteiger partial charge on any atom is 0.335 e. The topological polar surface area (TPSA) is 86.6 Å². The summed E-state index contributed by atoms with van der Waals surface area (Å²) in [7, 11) is 0. The Balaban J connectivity index is 2.15. The average Bonchev–Trinajstić information content (AvgIpc) is 2.83. The molecule has 3 N–H and O–H groups in total. The second kappa shape index (κ2) is 4.32. The summed E-state index contributed by atoms with van der Waals surface area (Å²) in [5.74, 6) is 0.434. The fraction of sp³-hybridized carbons (Fsp3) is 0.667. The molecule has 5 nitrogen and oxygen atoms in total. The van der Waals surface area contributed by atoms with E-state index in [1.807, 2.05) is 6.26 Å². The van der Waals surface area contributed by atoms with Gasteiger partial charge in [-0.3, -0.25) is 0 Å². The van der Waals surface area contributed by atoms with Gasteiger partial charge in [0.2, 0.25) is 0 Å². The van der Waals surface area contributed by atoms with Gasteiger partial charge >= 0.3 is 12.0 Å². The molecule has 0 spiro atoms. The Labute approximate surface area is 74.7 Å². The molecule has 68 valence electrons. The number of nitrogens with one attached hydrogen (secondary N) is 1. The first-order valence-corrected chi connectivity index (χ1v) is 4.93. The smallest absolute Gasteiger partial charge is 0.335 e. The van der Waals surface area contributed by atoms with Crippen LogP contribution in [0.3, 0.4) is 0 Å². The van der Waals surface area contributed by atoms with Gasteiger partial charge in [-0.1, -0.05) is 0 Å². The van der Waals surface area contributed by atoms with E-state index in [0.29, 0.717) is 6.42 Å². The van der Waals surface area contributed by atoms with Crippen LogP contribution in [0.4, 0.5) is 0 Å². The summed E-state index contributed by atoms with van der Waals surface area (Å²) in [4.78, 5) is 11.0. The minimum Gasteiger partial charge on any atom is -0.389 e. The van der Waals surface area contributed by atoms with Crippen LogP contribution in [-0.2, 0) is 9.53 Å². The van der Waals surface area contributed by atoms with Crippen LogP contribution in [0, 0.1) is 0 Å². The van der Waals surface area contributed by atoms with Gasteiger partial charge < -0.3 is 10.5 Å². The summed E-state index contributed by atoms with van der Waals surface area (Å²) in [6.45, 7) is 0. The highest BCUT2D eigenvalue weighted by atomic mass is 32.2. The third-order valence-electron chi connectivity index (χ3n) is 1.34. The Bertz CT molecular complexity index is 207. The standard InChI is InChI=1S/C6H11N3O2S/c1-12-3-2-4(7)5(10)11-6-8-9-6/h4H,2-3,7H2,1H3,(H,8,9)/t4-/m0/s1. The zero-order valence-electron chi connectivity index (χ0n) is 6.74. The third-order valence-corrected chi connectivity index (χ3v) is 1.98. The fourth-order valence-electron chi connectivity index (χ4n) is 0.602. The number of carbonyl (C=O) groups excluding carboxylic acids is 1.